The van der Waals surface area contributed by atoms with E-state index in [0.29, 0.717) is 36.4 Å². The molecule has 3 aromatic rings. The monoisotopic (exact) mass is 555 g/mol. The van der Waals surface area contributed by atoms with Gasteiger partial charge in [0.15, 0.2) is 16.6 Å². The van der Waals surface area contributed by atoms with Crippen molar-refractivity contribution in [1.82, 2.24) is 10.3 Å². The molecule has 2 aliphatic rings. The Morgan fingerprint density at radius 1 is 1.28 bits per heavy atom. The Morgan fingerprint density at radius 3 is 2.87 bits per heavy atom. The fourth-order valence-corrected chi connectivity index (χ4v) is 5.54. The first-order chi connectivity index (χ1) is 18.8. The number of anilines is 1. The number of carbonyl (C=O) groups is 2. The Morgan fingerprint density at radius 2 is 2.15 bits per heavy atom. The van der Waals surface area contributed by atoms with E-state index >= 15 is 0 Å². The maximum atomic E-state index is 14.4. The molecule has 0 bridgehead atoms. The second-order valence-electron chi connectivity index (χ2n) is 9.88. The number of aromatic carboxylic acids is 1. The van der Waals surface area contributed by atoms with E-state index in [9.17, 15) is 19.1 Å². The van der Waals surface area contributed by atoms with Crippen LogP contribution in [0.1, 0.15) is 54.1 Å². The number of hydrogen-bond acceptors (Lipinski definition) is 8. The van der Waals surface area contributed by atoms with E-state index in [1.54, 1.807) is 11.6 Å². The zero-order valence-electron chi connectivity index (χ0n) is 21.5. The van der Waals surface area contributed by atoms with Crippen molar-refractivity contribution < 1.29 is 33.3 Å². The molecule has 1 aromatic heterocycles. The Balaban J connectivity index is 1.45. The average Bonchev–Trinajstić information content (AvgIpc) is 3.41. The normalized spacial score (nSPS) is 20.6. The minimum atomic E-state index is -1.36. The van der Waals surface area contributed by atoms with Crippen LogP contribution >= 0.6 is 11.3 Å². The first-order valence-electron chi connectivity index (χ1n) is 12.9. The summed E-state index contributed by atoms with van der Waals surface area (Å²) >= 11 is 1.35. The molecular weight excluding hydrogens is 525 g/mol. The summed E-state index contributed by atoms with van der Waals surface area (Å²) in [7, 11) is 0. The van der Waals surface area contributed by atoms with Crippen LogP contribution < -0.4 is 20.1 Å². The highest BCUT2D eigenvalue weighted by molar-refractivity contribution is 7.13. The van der Waals surface area contributed by atoms with Gasteiger partial charge in [-0.25, -0.2) is 14.2 Å². The summed E-state index contributed by atoms with van der Waals surface area (Å²) in [4.78, 5) is 28.3. The maximum absolute atomic E-state index is 14.4. The summed E-state index contributed by atoms with van der Waals surface area (Å²) in [6, 6.07) is 7.33. The van der Waals surface area contributed by atoms with Crippen molar-refractivity contribution in [3.63, 3.8) is 0 Å². The third-order valence-electron chi connectivity index (χ3n) is 6.96. The molecule has 2 aromatic carbocycles. The third-order valence-corrected chi connectivity index (χ3v) is 7.65. The van der Waals surface area contributed by atoms with Crippen LogP contribution in [0.5, 0.6) is 17.2 Å². The molecule has 1 fully saturated rings. The predicted molar refractivity (Wildman–Crippen MR) is 143 cm³/mol. The first kappa shape index (κ1) is 27.0. The molecule has 2 aliphatic heterocycles. The predicted octanol–water partition coefficient (Wildman–Crippen LogP) is 5.11. The molecule has 3 heterocycles. The summed E-state index contributed by atoms with van der Waals surface area (Å²) < 4.78 is 32.5. The lowest BCUT2D eigenvalue weighted by Crippen LogP contribution is -2.47. The van der Waals surface area contributed by atoms with Crippen molar-refractivity contribution in [2.45, 2.75) is 50.7 Å². The number of thiazole rings is 1. The molecule has 0 saturated carbocycles. The number of fused-ring (bicyclic) bond motifs is 1. The molecule has 206 valence electrons. The number of rotatable bonds is 9. The number of ether oxygens (including phenoxy) is 3. The second kappa shape index (κ2) is 11.7. The van der Waals surface area contributed by atoms with Crippen LogP contribution in [0.2, 0.25) is 0 Å². The van der Waals surface area contributed by atoms with Gasteiger partial charge in [0.1, 0.15) is 18.2 Å². The third kappa shape index (κ3) is 6.38. The number of nitrogens with one attached hydrogen (secondary N) is 2. The molecule has 1 amide bonds. The minimum Gasteiger partial charge on any atom is -0.487 e. The lowest BCUT2D eigenvalue weighted by molar-refractivity contribution is -0.117. The van der Waals surface area contributed by atoms with Crippen LogP contribution in [0.4, 0.5) is 9.52 Å². The van der Waals surface area contributed by atoms with E-state index in [1.807, 2.05) is 19.1 Å². The molecule has 2 atom stereocenters. The Bertz CT molecular complexity index is 1350. The van der Waals surface area contributed by atoms with Gasteiger partial charge in [-0.2, -0.15) is 0 Å². The molecule has 1 saturated heterocycles. The van der Waals surface area contributed by atoms with Crippen molar-refractivity contribution >= 4 is 28.3 Å². The smallest absolute Gasteiger partial charge is 0.338 e. The largest absolute Gasteiger partial charge is 0.487 e. The highest BCUT2D eigenvalue weighted by atomic mass is 32.1. The lowest BCUT2D eigenvalue weighted by Gasteiger charge is -2.37. The Kier molecular flexibility index (Phi) is 8.10. The number of carboxylic acid groups (broad SMARTS) is 1. The summed E-state index contributed by atoms with van der Waals surface area (Å²) in [6.07, 6.45) is 5.48. The molecule has 0 spiro atoms. The SMILES string of the molecule is C[C@]1(CC(=O)Nc2nccs2)NCCc2cc(OC[C@H]3CCCCO3)c(Oc3ccc(C(=O)O)c(F)c3)cc21. The van der Waals surface area contributed by atoms with Gasteiger partial charge in [0, 0.05) is 42.8 Å². The van der Waals surface area contributed by atoms with Crippen molar-refractivity contribution in [3.8, 4) is 17.2 Å². The van der Waals surface area contributed by atoms with Crippen molar-refractivity contribution in [2.75, 3.05) is 25.1 Å². The molecule has 9 nitrogen and oxygen atoms in total. The van der Waals surface area contributed by atoms with Crippen LogP contribution in [0, 0.1) is 5.82 Å². The number of halogens is 1. The van der Waals surface area contributed by atoms with Gasteiger partial charge >= 0.3 is 5.97 Å². The number of carbonyl (C=O) groups excluding carboxylic acids is 1. The summed E-state index contributed by atoms with van der Waals surface area (Å²) in [6.45, 7) is 3.66. The number of aromatic nitrogens is 1. The number of amides is 1. The van der Waals surface area contributed by atoms with Gasteiger partial charge in [0.05, 0.1) is 11.7 Å². The van der Waals surface area contributed by atoms with Crippen molar-refractivity contribution in [3.05, 3.63) is 64.4 Å². The zero-order chi connectivity index (χ0) is 27.4. The number of nitrogens with zero attached hydrogens (tertiary/aromatic N) is 1. The van der Waals surface area contributed by atoms with E-state index in [0.717, 1.165) is 48.9 Å². The van der Waals surface area contributed by atoms with E-state index in [2.05, 4.69) is 15.6 Å². The van der Waals surface area contributed by atoms with E-state index < -0.39 is 22.9 Å². The fourth-order valence-electron chi connectivity index (χ4n) is 4.99. The molecule has 39 heavy (non-hydrogen) atoms. The molecule has 3 N–H and O–H groups in total. The first-order valence-corrected chi connectivity index (χ1v) is 13.8. The molecule has 0 unspecified atom stereocenters. The van der Waals surface area contributed by atoms with E-state index in [4.69, 9.17) is 14.2 Å². The zero-order valence-corrected chi connectivity index (χ0v) is 22.3. The highest BCUT2D eigenvalue weighted by Gasteiger charge is 2.35. The highest BCUT2D eigenvalue weighted by Crippen LogP contribution is 2.41. The molecule has 11 heteroatoms. The number of carboxylic acids is 1. The molecule has 5 rings (SSSR count). The lowest BCUT2D eigenvalue weighted by atomic mass is 9.81. The van der Waals surface area contributed by atoms with Crippen molar-refractivity contribution in [1.29, 1.82) is 0 Å². The average molecular weight is 556 g/mol. The quantitative estimate of drug-likeness (QED) is 0.333. The molecule has 0 aliphatic carbocycles. The van der Waals surface area contributed by atoms with Gasteiger partial charge in [-0.05, 0) is 68.0 Å². The van der Waals surface area contributed by atoms with Gasteiger partial charge in [0.25, 0.3) is 0 Å². The van der Waals surface area contributed by atoms with Crippen LogP contribution in [0.3, 0.4) is 0 Å². The van der Waals surface area contributed by atoms with Gasteiger partial charge in [-0.3, -0.25) is 4.79 Å². The number of benzene rings is 2. The summed E-state index contributed by atoms with van der Waals surface area (Å²) in [5, 5.41) is 17.8. The van der Waals surface area contributed by atoms with E-state index in [-0.39, 0.29) is 24.2 Å². The van der Waals surface area contributed by atoms with Gasteiger partial charge in [-0.15, -0.1) is 11.3 Å². The number of hydrogen-bond donors (Lipinski definition) is 3. The topological polar surface area (TPSA) is 119 Å². The van der Waals surface area contributed by atoms with Gasteiger partial charge in [-0.1, -0.05) is 0 Å². The molecule has 0 radical (unpaired) electrons. The molecular formula is C28H30FN3O6S. The second-order valence-corrected chi connectivity index (χ2v) is 10.8. The van der Waals surface area contributed by atoms with Crippen molar-refractivity contribution in [2.24, 2.45) is 0 Å². The van der Waals surface area contributed by atoms with E-state index in [1.165, 1.54) is 17.4 Å². The van der Waals surface area contributed by atoms with Crippen LogP contribution in [0.25, 0.3) is 0 Å². The maximum Gasteiger partial charge on any atom is 0.338 e. The van der Waals surface area contributed by atoms with Gasteiger partial charge < -0.3 is 30.0 Å². The van der Waals surface area contributed by atoms with Crippen LogP contribution in [0.15, 0.2) is 41.9 Å². The van der Waals surface area contributed by atoms with Crippen LogP contribution in [-0.2, 0) is 21.5 Å². The fraction of sp³-hybridized carbons (Fsp3) is 0.393. The summed E-state index contributed by atoms with van der Waals surface area (Å²) in [5.74, 6) is -1.51. The Hall–Kier alpha value is -3.54. The minimum absolute atomic E-state index is 0.0311. The summed E-state index contributed by atoms with van der Waals surface area (Å²) in [5.41, 5.74) is 0.720. The Labute approximate surface area is 229 Å². The standard InChI is InChI=1S/C28H30FN3O6S/c1-28(15-25(33)32-27-30-9-11-39-27)21-14-24(38-18-5-6-20(26(34)35)22(29)13-18)23(12-17(21)7-8-31-28)37-16-19-4-2-3-10-36-19/h5-6,9,11-14,19,31H,2-4,7-8,10,15-16H2,1H3,(H,34,35)(H,30,32,33)/t19-,28-/m1/s1. The van der Waals surface area contributed by atoms with Crippen LogP contribution in [-0.4, -0.2) is 47.8 Å². The van der Waals surface area contributed by atoms with Gasteiger partial charge in [0.2, 0.25) is 5.91 Å².